The number of hydrogen-bond donors (Lipinski definition) is 1. The minimum atomic E-state index is -0.167. The van der Waals surface area contributed by atoms with E-state index in [1.165, 1.54) is 0 Å². The third-order valence-electron chi connectivity index (χ3n) is 2.38. The molecule has 2 aromatic rings. The molecule has 1 unspecified atom stereocenters. The van der Waals surface area contributed by atoms with Gasteiger partial charge in [0.15, 0.2) is 0 Å². The van der Waals surface area contributed by atoms with Gasteiger partial charge in [-0.05, 0) is 42.0 Å². The molecule has 4 heteroatoms. The van der Waals surface area contributed by atoms with E-state index < -0.39 is 0 Å². The van der Waals surface area contributed by atoms with Crippen LogP contribution in [0.3, 0.4) is 0 Å². The fourth-order valence-electron chi connectivity index (χ4n) is 1.51. The quantitative estimate of drug-likeness (QED) is 0.905. The van der Waals surface area contributed by atoms with Crippen LogP contribution in [0.25, 0.3) is 0 Å². The van der Waals surface area contributed by atoms with E-state index in [1.54, 1.807) is 24.5 Å². The molecule has 1 aromatic carbocycles. The Balaban J connectivity index is 2.13. The van der Waals surface area contributed by atoms with Crippen LogP contribution < -0.4 is 10.5 Å². The SMILES string of the molecule is NCC(Oc1ccc(Cl)cc1)c1ccncc1. The lowest BCUT2D eigenvalue weighted by Crippen LogP contribution is -2.18. The number of nitrogens with zero attached hydrogens (tertiary/aromatic N) is 1. The lowest BCUT2D eigenvalue weighted by atomic mass is 10.1. The standard InChI is InChI=1S/C13H13ClN2O/c14-11-1-3-12(4-2-11)17-13(9-15)10-5-7-16-8-6-10/h1-8,13H,9,15H2. The van der Waals surface area contributed by atoms with Crippen molar-refractivity contribution < 1.29 is 4.74 Å². The summed E-state index contributed by atoms with van der Waals surface area (Å²) in [5.74, 6) is 0.752. The molecule has 2 rings (SSSR count). The first-order valence-corrected chi connectivity index (χ1v) is 5.69. The Bertz CT molecular complexity index is 459. The minimum Gasteiger partial charge on any atom is -0.484 e. The molecule has 0 saturated carbocycles. The van der Waals surface area contributed by atoms with Crippen molar-refractivity contribution in [2.45, 2.75) is 6.10 Å². The number of rotatable bonds is 4. The van der Waals surface area contributed by atoms with Gasteiger partial charge in [-0.1, -0.05) is 11.6 Å². The molecule has 0 fully saturated rings. The molecule has 3 nitrogen and oxygen atoms in total. The van der Waals surface area contributed by atoms with E-state index >= 15 is 0 Å². The Kier molecular flexibility index (Phi) is 3.96. The molecule has 1 atom stereocenters. The van der Waals surface area contributed by atoms with E-state index in [4.69, 9.17) is 22.1 Å². The highest BCUT2D eigenvalue weighted by Crippen LogP contribution is 2.22. The number of hydrogen-bond acceptors (Lipinski definition) is 3. The molecular formula is C13H13ClN2O. The van der Waals surface area contributed by atoms with Crippen LogP contribution in [0.4, 0.5) is 0 Å². The lowest BCUT2D eigenvalue weighted by molar-refractivity contribution is 0.214. The van der Waals surface area contributed by atoms with Gasteiger partial charge in [0.25, 0.3) is 0 Å². The van der Waals surface area contributed by atoms with Crippen LogP contribution in [-0.2, 0) is 0 Å². The van der Waals surface area contributed by atoms with Crippen molar-refractivity contribution in [1.29, 1.82) is 0 Å². The zero-order valence-corrected chi connectivity index (χ0v) is 9.97. The van der Waals surface area contributed by atoms with E-state index in [0.29, 0.717) is 11.6 Å². The summed E-state index contributed by atoms with van der Waals surface area (Å²) in [6, 6.07) is 11.0. The molecule has 2 N–H and O–H groups in total. The maximum Gasteiger partial charge on any atom is 0.136 e. The molecule has 1 aromatic heterocycles. The summed E-state index contributed by atoms with van der Waals surface area (Å²) in [5.41, 5.74) is 6.72. The number of nitrogens with two attached hydrogens (primary N) is 1. The van der Waals surface area contributed by atoms with Crippen molar-refractivity contribution in [2.75, 3.05) is 6.54 Å². The highest BCUT2D eigenvalue weighted by atomic mass is 35.5. The summed E-state index contributed by atoms with van der Waals surface area (Å²) in [7, 11) is 0. The fraction of sp³-hybridized carbons (Fsp3) is 0.154. The molecule has 0 saturated heterocycles. The molecule has 0 spiro atoms. The molecule has 0 aliphatic rings. The minimum absolute atomic E-state index is 0.167. The van der Waals surface area contributed by atoms with Crippen LogP contribution in [0.1, 0.15) is 11.7 Å². The van der Waals surface area contributed by atoms with Crippen molar-refractivity contribution in [3.63, 3.8) is 0 Å². The largest absolute Gasteiger partial charge is 0.484 e. The van der Waals surface area contributed by atoms with Crippen LogP contribution in [-0.4, -0.2) is 11.5 Å². The van der Waals surface area contributed by atoms with Crippen molar-refractivity contribution in [1.82, 2.24) is 4.98 Å². The molecule has 0 bridgehead atoms. The first-order chi connectivity index (χ1) is 8.29. The highest BCUT2D eigenvalue weighted by Gasteiger charge is 2.10. The zero-order valence-electron chi connectivity index (χ0n) is 9.21. The Morgan fingerprint density at radius 3 is 2.35 bits per heavy atom. The second-order valence-corrected chi connectivity index (χ2v) is 4.01. The molecule has 0 amide bonds. The van der Waals surface area contributed by atoms with E-state index in [1.807, 2.05) is 24.3 Å². The topological polar surface area (TPSA) is 48.1 Å². The average Bonchev–Trinajstić information content (AvgIpc) is 2.39. The summed E-state index contributed by atoms with van der Waals surface area (Å²) in [6.45, 7) is 0.409. The van der Waals surface area contributed by atoms with Crippen LogP contribution in [0.15, 0.2) is 48.8 Å². The molecule has 88 valence electrons. The van der Waals surface area contributed by atoms with Crippen molar-refractivity contribution in [3.05, 3.63) is 59.4 Å². The molecule has 1 heterocycles. The van der Waals surface area contributed by atoms with Gasteiger partial charge in [0.05, 0.1) is 0 Å². The van der Waals surface area contributed by atoms with E-state index in [0.717, 1.165) is 11.3 Å². The second-order valence-electron chi connectivity index (χ2n) is 3.58. The Morgan fingerprint density at radius 1 is 1.12 bits per heavy atom. The summed E-state index contributed by atoms with van der Waals surface area (Å²) >= 11 is 5.81. The summed E-state index contributed by atoms with van der Waals surface area (Å²) in [6.07, 6.45) is 3.28. The Hall–Kier alpha value is -1.58. The van der Waals surface area contributed by atoms with Gasteiger partial charge >= 0.3 is 0 Å². The van der Waals surface area contributed by atoms with Crippen LogP contribution >= 0.6 is 11.6 Å². The summed E-state index contributed by atoms with van der Waals surface area (Å²) in [4.78, 5) is 3.97. The molecule has 0 radical (unpaired) electrons. The molecule has 17 heavy (non-hydrogen) atoms. The highest BCUT2D eigenvalue weighted by molar-refractivity contribution is 6.30. The second kappa shape index (κ2) is 5.66. The normalized spacial score (nSPS) is 12.1. The van der Waals surface area contributed by atoms with E-state index in [2.05, 4.69) is 4.98 Å². The summed E-state index contributed by atoms with van der Waals surface area (Å²) < 4.78 is 5.79. The summed E-state index contributed by atoms with van der Waals surface area (Å²) in [5, 5.41) is 0.686. The number of aromatic nitrogens is 1. The van der Waals surface area contributed by atoms with Crippen molar-refractivity contribution in [3.8, 4) is 5.75 Å². The maximum absolute atomic E-state index is 5.81. The van der Waals surface area contributed by atoms with Crippen molar-refractivity contribution >= 4 is 11.6 Å². The van der Waals surface area contributed by atoms with Gasteiger partial charge in [-0.15, -0.1) is 0 Å². The van der Waals surface area contributed by atoms with Gasteiger partial charge in [0.1, 0.15) is 11.9 Å². The van der Waals surface area contributed by atoms with Gasteiger partial charge < -0.3 is 10.5 Å². The molecule has 0 aliphatic carbocycles. The van der Waals surface area contributed by atoms with Crippen LogP contribution in [0, 0.1) is 0 Å². The third kappa shape index (κ3) is 3.19. The molecule has 0 aliphatic heterocycles. The third-order valence-corrected chi connectivity index (χ3v) is 2.64. The fourth-order valence-corrected chi connectivity index (χ4v) is 1.63. The molecular weight excluding hydrogens is 236 g/mol. The zero-order chi connectivity index (χ0) is 12.1. The van der Waals surface area contributed by atoms with Gasteiger partial charge in [0, 0.05) is 24.0 Å². The first kappa shape index (κ1) is 11.9. The van der Waals surface area contributed by atoms with E-state index in [-0.39, 0.29) is 6.10 Å². The predicted molar refractivity (Wildman–Crippen MR) is 68.1 cm³/mol. The van der Waals surface area contributed by atoms with Gasteiger partial charge in [0.2, 0.25) is 0 Å². The van der Waals surface area contributed by atoms with Crippen LogP contribution in [0.5, 0.6) is 5.75 Å². The lowest BCUT2D eigenvalue weighted by Gasteiger charge is -2.17. The monoisotopic (exact) mass is 248 g/mol. The Morgan fingerprint density at radius 2 is 1.76 bits per heavy atom. The number of benzene rings is 1. The van der Waals surface area contributed by atoms with Gasteiger partial charge in [-0.2, -0.15) is 0 Å². The Labute approximate surface area is 105 Å². The number of pyridine rings is 1. The number of halogens is 1. The van der Waals surface area contributed by atoms with Crippen molar-refractivity contribution in [2.24, 2.45) is 5.73 Å². The maximum atomic E-state index is 5.81. The average molecular weight is 249 g/mol. The smallest absolute Gasteiger partial charge is 0.136 e. The van der Waals surface area contributed by atoms with Gasteiger partial charge in [-0.25, -0.2) is 0 Å². The van der Waals surface area contributed by atoms with Crippen LogP contribution in [0.2, 0.25) is 5.02 Å². The first-order valence-electron chi connectivity index (χ1n) is 5.32. The van der Waals surface area contributed by atoms with Gasteiger partial charge in [-0.3, -0.25) is 4.98 Å². The predicted octanol–water partition coefficient (Wildman–Crippen LogP) is 2.81. The number of ether oxygens (including phenoxy) is 1. The van der Waals surface area contributed by atoms with E-state index in [9.17, 15) is 0 Å².